The molecule has 2 heterocycles. The molecule has 0 saturated carbocycles. The van der Waals surface area contributed by atoms with Crippen LogP contribution in [-0.4, -0.2) is 67.3 Å². The van der Waals surface area contributed by atoms with Gasteiger partial charge in [-0.1, -0.05) is 60.7 Å². The third kappa shape index (κ3) is 11.0. The molecule has 1 amide bonds. The topological polar surface area (TPSA) is 112 Å². The van der Waals surface area contributed by atoms with Gasteiger partial charge in [-0.25, -0.2) is 4.79 Å². The number of amides is 1. The first-order valence-electron chi connectivity index (χ1n) is 12.6. The van der Waals surface area contributed by atoms with E-state index in [2.05, 4.69) is 15.6 Å². The molecule has 0 fully saturated rings. The highest BCUT2D eigenvalue weighted by Crippen LogP contribution is 2.24. The van der Waals surface area contributed by atoms with E-state index in [1.807, 2.05) is 88.5 Å². The first kappa shape index (κ1) is 32.2. The summed E-state index contributed by atoms with van der Waals surface area (Å²) in [5.74, 6) is 2.27. The first-order chi connectivity index (χ1) is 18.7. The molecule has 1 N–H and O–H groups in total. The molecule has 0 aliphatic heterocycles. The summed E-state index contributed by atoms with van der Waals surface area (Å²) < 4.78 is 26.6. The number of carbonyl (C=O) groups excluding carboxylic acids is 1. The van der Waals surface area contributed by atoms with Crippen LogP contribution in [0.2, 0.25) is 0 Å². The zero-order valence-corrected chi connectivity index (χ0v) is 24.3. The van der Waals surface area contributed by atoms with Crippen molar-refractivity contribution >= 4 is 18.5 Å². The van der Waals surface area contributed by atoms with Crippen LogP contribution in [0.3, 0.4) is 0 Å². The summed E-state index contributed by atoms with van der Waals surface area (Å²) in [5, 5.41) is 10.7. The molecule has 0 bridgehead atoms. The molecule has 4 aromatic rings. The smallest absolute Gasteiger partial charge is 0.410 e. The SMILES string of the molecule is CN(CCOc1cc(-c2ccccc2)on1)C(=O)OC(C)(C)C.CNCCOc1cc(-c2ccccc2)on1.Cl. The summed E-state index contributed by atoms with van der Waals surface area (Å²) in [5.41, 5.74) is 1.42. The number of halogens is 1. The van der Waals surface area contributed by atoms with Gasteiger partial charge in [-0.2, -0.15) is 0 Å². The molecule has 0 saturated heterocycles. The largest absolute Gasteiger partial charge is 0.474 e. The Morgan fingerprint density at radius 3 is 1.77 bits per heavy atom. The molecule has 0 aliphatic carbocycles. The summed E-state index contributed by atoms with van der Waals surface area (Å²) in [6.07, 6.45) is -0.383. The quantitative estimate of drug-likeness (QED) is 0.230. The summed E-state index contributed by atoms with van der Waals surface area (Å²) in [6, 6.07) is 23.0. The van der Waals surface area contributed by atoms with E-state index in [-0.39, 0.29) is 18.5 Å². The van der Waals surface area contributed by atoms with E-state index in [1.54, 1.807) is 19.2 Å². The Bertz CT molecular complexity index is 1260. The molecular weight excluding hydrogens is 536 g/mol. The average Bonchev–Trinajstić information content (AvgIpc) is 3.60. The van der Waals surface area contributed by atoms with Crippen molar-refractivity contribution in [3.63, 3.8) is 0 Å². The Hall–Kier alpha value is -4.02. The van der Waals surface area contributed by atoms with Crippen LogP contribution in [-0.2, 0) is 4.74 Å². The molecule has 0 unspecified atom stereocenters. The maximum absolute atomic E-state index is 11.8. The number of nitrogens with zero attached hydrogens (tertiary/aromatic N) is 3. The third-order valence-electron chi connectivity index (χ3n) is 5.08. The Morgan fingerprint density at radius 1 is 0.850 bits per heavy atom. The van der Waals surface area contributed by atoms with Crippen LogP contribution in [0.1, 0.15) is 20.8 Å². The minimum absolute atomic E-state index is 0. The van der Waals surface area contributed by atoms with Crippen molar-refractivity contribution in [1.82, 2.24) is 20.5 Å². The Morgan fingerprint density at radius 2 is 1.32 bits per heavy atom. The van der Waals surface area contributed by atoms with Crippen molar-refractivity contribution in [2.45, 2.75) is 26.4 Å². The maximum Gasteiger partial charge on any atom is 0.410 e. The van der Waals surface area contributed by atoms with Crippen LogP contribution >= 0.6 is 12.4 Å². The number of ether oxygens (including phenoxy) is 3. The molecule has 40 heavy (non-hydrogen) atoms. The van der Waals surface area contributed by atoms with Crippen LogP contribution in [0.5, 0.6) is 11.8 Å². The number of rotatable bonds is 10. The standard InChI is InChI=1S/C17H22N2O4.C12H14N2O2.ClH/c1-17(2,3)22-16(20)19(4)10-11-21-15-12-14(23-18-15)13-8-6-5-7-9-13;1-13-7-8-15-12-9-11(16-14-12)10-5-3-2-4-6-10;/h5-9,12H,10-11H2,1-4H3;2-6,9,13H,7-8H2,1H3;1H. The van der Waals surface area contributed by atoms with Gasteiger partial charge < -0.3 is 33.5 Å². The van der Waals surface area contributed by atoms with Crippen molar-refractivity contribution in [3.05, 3.63) is 72.8 Å². The minimum Gasteiger partial charge on any atom is -0.474 e. The predicted molar refractivity (Wildman–Crippen MR) is 155 cm³/mol. The summed E-state index contributed by atoms with van der Waals surface area (Å²) in [7, 11) is 3.54. The van der Waals surface area contributed by atoms with Gasteiger partial charge in [0, 0.05) is 36.9 Å². The van der Waals surface area contributed by atoms with Gasteiger partial charge in [-0.05, 0) is 38.1 Å². The zero-order chi connectivity index (χ0) is 28.1. The fraction of sp³-hybridized carbons (Fsp3) is 0.345. The Balaban J connectivity index is 0.000000290. The third-order valence-corrected chi connectivity index (χ3v) is 5.08. The monoisotopic (exact) mass is 572 g/mol. The van der Waals surface area contributed by atoms with Crippen molar-refractivity contribution < 1.29 is 28.1 Å². The lowest BCUT2D eigenvalue weighted by molar-refractivity contribution is 0.0276. The number of carbonyl (C=O) groups is 1. The van der Waals surface area contributed by atoms with Crippen molar-refractivity contribution in [1.29, 1.82) is 0 Å². The highest BCUT2D eigenvalue weighted by Gasteiger charge is 2.19. The maximum atomic E-state index is 11.8. The number of benzene rings is 2. The number of aromatic nitrogens is 2. The molecular formula is C29H37ClN4O6. The van der Waals surface area contributed by atoms with Crippen molar-refractivity contribution in [3.8, 4) is 34.4 Å². The second kappa shape index (κ2) is 16.2. The van der Waals surface area contributed by atoms with E-state index in [0.717, 1.165) is 23.4 Å². The molecule has 0 spiro atoms. The van der Waals surface area contributed by atoms with Gasteiger partial charge in [-0.15, -0.1) is 12.4 Å². The van der Waals surface area contributed by atoms with Crippen LogP contribution < -0.4 is 14.8 Å². The minimum atomic E-state index is -0.511. The summed E-state index contributed by atoms with van der Waals surface area (Å²) in [6.45, 7) is 7.55. The van der Waals surface area contributed by atoms with Crippen LogP contribution in [0.15, 0.2) is 81.8 Å². The van der Waals surface area contributed by atoms with Crippen LogP contribution in [0, 0.1) is 0 Å². The average molecular weight is 573 g/mol. The number of nitrogens with one attached hydrogen (secondary N) is 1. The van der Waals surface area contributed by atoms with Gasteiger partial charge in [-0.3, -0.25) is 0 Å². The molecule has 0 radical (unpaired) electrons. The second-order valence-electron chi connectivity index (χ2n) is 9.49. The van der Waals surface area contributed by atoms with E-state index in [4.69, 9.17) is 23.3 Å². The summed E-state index contributed by atoms with van der Waals surface area (Å²) >= 11 is 0. The van der Waals surface area contributed by atoms with E-state index in [9.17, 15) is 4.79 Å². The fourth-order valence-electron chi connectivity index (χ4n) is 3.11. The first-order valence-corrected chi connectivity index (χ1v) is 12.6. The van der Waals surface area contributed by atoms with Crippen LogP contribution in [0.25, 0.3) is 22.6 Å². The van der Waals surface area contributed by atoms with Gasteiger partial charge in [0.15, 0.2) is 11.5 Å². The number of hydrogen-bond donors (Lipinski definition) is 1. The van der Waals surface area contributed by atoms with Crippen molar-refractivity contribution in [2.75, 3.05) is 40.4 Å². The lowest BCUT2D eigenvalue weighted by Crippen LogP contribution is -2.36. The van der Waals surface area contributed by atoms with Gasteiger partial charge in [0.1, 0.15) is 18.8 Å². The van der Waals surface area contributed by atoms with E-state index in [0.29, 0.717) is 37.3 Å². The molecule has 2 aromatic carbocycles. The van der Waals surface area contributed by atoms with Crippen molar-refractivity contribution in [2.24, 2.45) is 0 Å². The van der Waals surface area contributed by atoms with Crippen LogP contribution in [0.4, 0.5) is 4.79 Å². The Labute approximate surface area is 241 Å². The van der Waals surface area contributed by atoms with E-state index >= 15 is 0 Å². The number of hydrogen-bond acceptors (Lipinski definition) is 9. The molecule has 11 heteroatoms. The number of likely N-dealkylation sites (N-methyl/N-ethyl adjacent to an activating group) is 2. The second-order valence-corrected chi connectivity index (χ2v) is 9.49. The van der Waals surface area contributed by atoms with Gasteiger partial charge >= 0.3 is 6.09 Å². The summed E-state index contributed by atoms with van der Waals surface area (Å²) in [4.78, 5) is 13.3. The van der Waals surface area contributed by atoms with Gasteiger partial charge in [0.25, 0.3) is 11.8 Å². The lowest BCUT2D eigenvalue weighted by Gasteiger charge is -2.24. The fourth-order valence-corrected chi connectivity index (χ4v) is 3.11. The molecule has 4 rings (SSSR count). The van der Waals surface area contributed by atoms with E-state index in [1.165, 1.54) is 4.90 Å². The molecule has 2 aromatic heterocycles. The van der Waals surface area contributed by atoms with E-state index < -0.39 is 5.60 Å². The highest BCUT2D eigenvalue weighted by molar-refractivity contribution is 5.85. The molecule has 216 valence electrons. The molecule has 0 atom stereocenters. The normalized spacial score (nSPS) is 10.5. The highest BCUT2D eigenvalue weighted by atomic mass is 35.5. The molecule has 0 aliphatic rings. The predicted octanol–water partition coefficient (Wildman–Crippen LogP) is 5.95. The van der Waals surface area contributed by atoms with Gasteiger partial charge in [0.05, 0.1) is 6.54 Å². The van der Waals surface area contributed by atoms with Gasteiger partial charge in [0.2, 0.25) is 0 Å². The zero-order valence-electron chi connectivity index (χ0n) is 23.5. The Kier molecular flexibility index (Phi) is 13.0. The molecule has 10 nitrogen and oxygen atoms in total. The lowest BCUT2D eigenvalue weighted by atomic mass is 10.2.